The molecule has 2 aliphatic rings. The van der Waals surface area contributed by atoms with E-state index in [9.17, 15) is 10.1 Å². The Balaban J connectivity index is 1.36. The van der Waals surface area contributed by atoms with E-state index in [1.807, 2.05) is 17.4 Å². The molecule has 7 heteroatoms. The number of non-ortho nitro benzene ring substituents is 1. The summed E-state index contributed by atoms with van der Waals surface area (Å²) in [6, 6.07) is 21.1. The van der Waals surface area contributed by atoms with Crippen molar-refractivity contribution in [3.05, 3.63) is 111 Å². The Kier molecular flexibility index (Phi) is 8.92. The highest BCUT2D eigenvalue weighted by Crippen LogP contribution is 2.49. The van der Waals surface area contributed by atoms with Crippen molar-refractivity contribution in [3.63, 3.8) is 0 Å². The molecule has 0 spiro atoms. The van der Waals surface area contributed by atoms with Gasteiger partial charge in [-0.05, 0) is 86.2 Å². The van der Waals surface area contributed by atoms with Gasteiger partial charge in [-0.25, -0.2) is 0 Å². The number of anilines is 1. The molecule has 2 aromatic heterocycles. The zero-order valence-electron chi connectivity index (χ0n) is 27.8. The predicted octanol–water partition coefficient (Wildman–Crippen LogP) is 11.3. The fourth-order valence-electron chi connectivity index (χ4n) is 7.16. The van der Waals surface area contributed by atoms with Crippen LogP contribution in [0.3, 0.4) is 0 Å². The van der Waals surface area contributed by atoms with E-state index in [1.54, 1.807) is 23.5 Å². The van der Waals surface area contributed by atoms with Gasteiger partial charge in [0, 0.05) is 74.2 Å². The Bertz CT molecular complexity index is 1860. The summed E-state index contributed by atoms with van der Waals surface area (Å²) >= 11 is 3.65. The first-order chi connectivity index (χ1) is 22.1. The zero-order valence-corrected chi connectivity index (χ0v) is 29.4. The number of hydrogen-bond donors (Lipinski definition) is 0. The third kappa shape index (κ3) is 5.69. The summed E-state index contributed by atoms with van der Waals surface area (Å²) in [5.41, 5.74) is 8.11. The number of likely N-dealkylation sites (N-methyl/N-ethyl adjacent to an activating group) is 1. The van der Waals surface area contributed by atoms with E-state index in [-0.39, 0.29) is 21.4 Å². The van der Waals surface area contributed by atoms with Gasteiger partial charge < -0.3 is 4.90 Å². The summed E-state index contributed by atoms with van der Waals surface area (Å²) in [5, 5.41) is 13.7. The third-order valence-electron chi connectivity index (χ3n) is 9.69. The lowest BCUT2D eigenvalue weighted by Gasteiger charge is -2.25. The van der Waals surface area contributed by atoms with Crippen molar-refractivity contribution in [2.24, 2.45) is 0 Å². The second kappa shape index (κ2) is 12.8. The third-order valence-corrected chi connectivity index (χ3v) is 11.9. The lowest BCUT2D eigenvalue weighted by molar-refractivity contribution is -0.438. The number of thiophene rings is 2. The van der Waals surface area contributed by atoms with Gasteiger partial charge >= 0.3 is 0 Å². The topological polar surface area (TPSA) is 49.4 Å². The molecule has 2 aromatic carbocycles. The number of nitro benzene ring substituents is 1. The predicted molar refractivity (Wildman–Crippen MR) is 196 cm³/mol. The fraction of sp³-hybridized carbons (Fsp3) is 0.359. The minimum absolute atomic E-state index is 0.143. The van der Waals surface area contributed by atoms with Crippen LogP contribution in [-0.2, 0) is 10.8 Å². The number of benzene rings is 2. The van der Waals surface area contributed by atoms with Gasteiger partial charge in [-0.3, -0.25) is 10.1 Å². The highest BCUT2D eigenvalue weighted by molar-refractivity contribution is 7.23. The Morgan fingerprint density at radius 1 is 0.891 bits per heavy atom. The van der Waals surface area contributed by atoms with E-state index in [4.69, 9.17) is 0 Å². The summed E-state index contributed by atoms with van der Waals surface area (Å²) in [7, 11) is 0. The summed E-state index contributed by atoms with van der Waals surface area (Å²) in [4.78, 5) is 17.5. The zero-order chi connectivity index (χ0) is 32.6. The van der Waals surface area contributed by atoms with Crippen LogP contribution in [0.5, 0.6) is 0 Å². The monoisotopic (exact) mass is 650 g/mol. The quantitative estimate of drug-likeness (QED) is 0.0702. The van der Waals surface area contributed by atoms with Crippen molar-refractivity contribution in [1.82, 2.24) is 0 Å². The van der Waals surface area contributed by atoms with Gasteiger partial charge in [0.15, 0.2) is 5.71 Å². The fourth-order valence-corrected chi connectivity index (χ4v) is 9.00. The molecule has 5 nitrogen and oxygen atoms in total. The van der Waals surface area contributed by atoms with Gasteiger partial charge in [-0.15, -0.1) is 22.7 Å². The van der Waals surface area contributed by atoms with Crippen molar-refractivity contribution >= 4 is 45.4 Å². The van der Waals surface area contributed by atoms with E-state index in [2.05, 4.69) is 117 Å². The molecule has 2 aliphatic heterocycles. The van der Waals surface area contributed by atoms with Crippen molar-refractivity contribution < 1.29 is 9.50 Å². The lowest BCUT2D eigenvalue weighted by Crippen LogP contribution is -2.28. The molecule has 0 aliphatic carbocycles. The molecule has 4 heterocycles. The first kappa shape index (κ1) is 32.1. The highest BCUT2D eigenvalue weighted by Gasteiger charge is 2.45. The molecule has 0 N–H and O–H groups in total. The van der Waals surface area contributed by atoms with Crippen molar-refractivity contribution in [2.45, 2.75) is 78.1 Å². The first-order valence-corrected chi connectivity index (χ1v) is 18.2. The number of allylic oxidation sites excluding steroid dienone is 4. The van der Waals surface area contributed by atoms with Crippen LogP contribution >= 0.6 is 22.7 Å². The maximum absolute atomic E-state index is 11.6. The van der Waals surface area contributed by atoms with Crippen LogP contribution in [-0.4, -0.2) is 28.3 Å². The molecule has 4 aromatic rings. The highest BCUT2D eigenvalue weighted by atomic mass is 32.1. The van der Waals surface area contributed by atoms with E-state index >= 15 is 0 Å². The molecule has 0 fully saturated rings. The first-order valence-electron chi connectivity index (χ1n) is 16.5. The number of hydrogen-bond acceptors (Lipinski definition) is 5. The molecule has 0 saturated carbocycles. The largest absolute Gasteiger partial charge is 0.344 e. The van der Waals surface area contributed by atoms with Gasteiger partial charge in [-0.1, -0.05) is 45.8 Å². The minimum atomic E-state index is -0.349. The minimum Gasteiger partial charge on any atom is -0.344 e. The standard InChI is InChI=1S/C39H44N3O2S2/c1-7-9-10-11-23-41-32-19-17-27(33-21-22-35(46-33)34-14-13-24-45-34)25-29(32)38(3,4)37(41)16-12-15-36-39(5,6)30-26-28(42(43)44)18-20-31(30)40(36)8-2/h12-22,24-26H,7-11,23H2,1-6H3/q+1. The van der Waals surface area contributed by atoms with Crippen LogP contribution in [0.1, 0.15) is 78.4 Å². The van der Waals surface area contributed by atoms with Crippen molar-refractivity contribution in [3.8, 4) is 20.2 Å². The van der Waals surface area contributed by atoms with Gasteiger partial charge in [-0.2, -0.15) is 4.58 Å². The van der Waals surface area contributed by atoms with Crippen LogP contribution in [0.2, 0.25) is 0 Å². The SMILES string of the molecule is CCCCCC[N+]1=C(/C=C/C=C2\N(CC)c3ccc([N+](=O)[O-])cc3C2(C)C)C(C)(C)c2cc(-c3ccc(-c4cccs4)s3)ccc21. The smallest absolute Gasteiger partial charge is 0.269 e. The Hall–Kier alpha value is -3.81. The second-order valence-electron chi connectivity index (χ2n) is 13.3. The normalized spacial score (nSPS) is 17.3. The van der Waals surface area contributed by atoms with Gasteiger partial charge in [0.05, 0.1) is 10.3 Å². The number of fused-ring (bicyclic) bond motifs is 2. The van der Waals surface area contributed by atoms with Gasteiger partial charge in [0.2, 0.25) is 5.69 Å². The number of nitrogens with zero attached hydrogens (tertiary/aromatic N) is 3. The molecule has 0 saturated heterocycles. The van der Waals surface area contributed by atoms with Crippen LogP contribution in [0, 0.1) is 10.1 Å². The maximum Gasteiger partial charge on any atom is 0.269 e. The Morgan fingerprint density at radius 3 is 2.41 bits per heavy atom. The molecule has 0 bridgehead atoms. The van der Waals surface area contributed by atoms with E-state index in [0.717, 1.165) is 36.5 Å². The van der Waals surface area contributed by atoms with Crippen LogP contribution < -0.4 is 4.90 Å². The number of unbranched alkanes of at least 4 members (excludes halogenated alkanes) is 3. The van der Waals surface area contributed by atoms with Crippen LogP contribution in [0.15, 0.2) is 90.0 Å². The summed E-state index contributed by atoms with van der Waals surface area (Å²) in [6.45, 7) is 15.2. The van der Waals surface area contributed by atoms with Crippen LogP contribution in [0.4, 0.5) is 17.1 Å². The average molecular weight is 651 g/mol. The van der Waals surface area contributed by atoms with Crippen molar-refractivity contribution in [1.29, 1.82) is 0 Å². The van der Waals surface area contributed by atoms with E-state index in [0.29, 0.717) is 0 Å². The summed E-state index contributed by atoms with van der Waals surface area (Å²) in [5.74, 6) is 0. The van der Waals surface area contributed by atoms with Crippen LogP contribution in [0.25, 0.3) is 20.2 Å². The van der Waals surface area contributed by atoms with E-state index in [1.165, 1.54) is 56.4 Å². The molecular formula is C39H44N3O2S2+. The van der Waals surface area contributed by atoms with Gasteiger partial charge in [0.1, 0.15) is 6.54 Å². The molecule has 238 valence electrons. The van der Waals surface area contributed by atoms with E-state index < -0.39 is 0 Å². The molecule has 0 atom stereocenters. The average Bonchev–Trinajstić information content (AvgIpc) is 3.82. The second-order valence-corrected chi connectivity index (χ2v) is 15.4. The molecule has 6 rings (SSSR count). The molecule has 0 amide bonds. The molecular weight excluding hydrogens is 607 g/mol. The lowest BCUT2D eigenvalue weighted by atomic mass is 9.80. The maximum atomic E-state index is 11.6. The molecule has 46 heavy (non-hydrogen) atoms. The summed E-state index contributed by atoms with van der Waals surface area (Å²) in [6.07, 6.45) is 11.6. The van der Waals surface area contributed by atoms with Crippen molar-refractivity contribution in [2.75, 3.05) is 18.0 Å². The van der Waals surface area contributed by atoms with Gasteiger partial charge in [0.25, 0.3) is 5.69 Å². The molecule has 0 radical (unpaired) electrons. The summed E-state index contributed by atoms with van der Waals surface area (Å²) < 4.78 is 2.55. The Morgan fingerprint density at radius 2 is 1.70 bits per heavy atom. The number of rotatable bonds is 11. The number of nitro groups is 1. The molecule has 0 unspecified atom stereocenters. The Labute approximate surface area is 281 Å².